The van der Waals surface area contributed by atoms with Gasteiger partial charge in [0.2, 0.25) is 21.1 Å². The van der Waals surface area contributed by atoms with Crippen molar-refractivity contribution in [1.29, 1.82) is 0 Å². The molecule has 0 aliphatic carbocycles. The molecule has 1 aromatic heterocycles. The molecule has 164 valence electrons. The zero-order valence-electron chi connectivity index (χ0n) is 17.0. The lowest BCUT2D eigenvalue weighted by Crippen LogP contribution is -2.37. The van der Waals surface area contributed by atoms with Crippen LogP contribution in [0.5, 0.6) is 5.75 Å². The van der Waals surface area contributed by atoms with Gasteiger partial charge in [-0.05, 0) is 36.8 Å². The minimum absolute atomic E-state index is 0.320. The lowest BCUT2D eigenvalue weighted by Gasteiger charge is -2.21. The molecule has 0 atom stereocenters. The van der Waals surface area contributed by atoms with Crippen molar-refractivity contribution in [2.45, 2.75) is 17.0 Å². The lowest BCUT2D eigenvalue weighted by atomic mass is 10.2. The van der Waals surface area contributed by atoms with Crippen LogP contribution >= 0.6 is 23.1 Å². The molecule has 3 aromatic rings. The van der Waals surface area contributed by atoms with Crippen LogP contribution in [-0.4, -0.2) is 43.9 Å². The average molecular weight is 479 g/mol. The van der Waals surface area contributed by atoms with Gasteiger partial charge in [-0.2, -0.15) is 0 Å². The second-order valence-electron chi connectivity index (χ2n) is 6.39. The number of ether oxygens (including phenoxy) is 1. The third-order valence-electron chi connectivity index (χ3n) is 3.98. The molecular weight excluding hydrogens is 456 g/mol. The Bertz CT molecular complexity index is 1100. The van der Waals surface area contributed by atoms with Crippen molar-refractivity contribution in [3.63, 3.8) is 0 Å². The van der Waals surface area contributed by atoms with Crippen LogP contribution in [0.4, 0.5) is 10.8 Å². The van der Waals surface area contributed by atoms with Gasteiger partial charge >= 0.3 is 0 Å². The third-order valence-corrected chi connectivity index (χ3v) is 7.16. The maximum Gasteiger partial charge on any atom is 0.246 e. The molecule has 0 saturated carbocycles. The van der Waals surface area contributed by atoms with Gasteiger partial charge in [-0.15, -0.1) is 10.2 Å². The van der Waals surface area contributed by atoms with Crippen LogP contribution in [0.15, 0.2) is 58.9 Å². The van der Waals surface area contributed by atoms with E-state index >= 15 is 0 Å². The van der Waals surface area contributed by atoms with Crippen molar-refractivity contribution >= 4 is 49.8 Å². The molecule has 0 saturated heterocycles. The van der Waals surface area contributed by atoms with Gasteiger partial charge in [0.25, 0.3) is 0 Å². The number of rotatable bonds is 10. The zero-order chi connectivity index (χ0) is 22.3. The van der Waals surface area contributed by atoms with Crippen molar-refractivity contribution in [1.82, 2.24) is 10.2 Å². The first kappa shape index (κ1) is 23.0. The second-order valence-corrected chi connectivity index (χ2v) is 10.5. The Labute approximate surface area is 189 Å². The van der Waals surface area contributed by atoms with Crippen molar-refractivity contribution in [3.8, 4) is 5.75 Å². The molecule has 3 rings (SSSR count). The summed E-state index contributed by atoms with van der Waals surface area (Å²) in [6.45, 7) is 1.99. The number of thioether (sulfide) groups is 1. The number of nitrogens with one attached hydrogen (secondary N) is 1. The van der Waals surface area contributed by atoms with Gasteiger partial charge in [0.05, 0.1) is 18.6 Å². The number of hydrogen-bond donors (Lipinski definition) is 1. The van der Waals surface area contributed by atoms with Crippen LogP contribution in [0.3, 0.4) is 0 Å². The van der Waals surface area contributed by atoms with Crippen LogP contribution in [-0.2, 0) is 20.6 Å². The maximum atomic E-state index is 12.5. The molecule has 0 fully saturated rings. The van der Waals surface area contributed by atoms with Crippen LogP contribution in [0.1, 0.15) is 12.5 Å². The minimum atomic E-state index is -3.67. The van der Waals surface area contributed by atoms with Crippen LogP contribution < -0.4 is 14.4 Å². The fraction of sp³-hybridized carbons (Fsp3) is 0.250. The molecule has 1 heterocycles. The molecule has 0 spiro atoms. The van der Waals surface area contributed by atoms with Crippen molar-refractivity contribution < 1.29 is 17.9 Å². The SMILES string of the molecule is CCOc1ccc(N(CC(=O)Nc2nnc(SCc3ccccc3)s2)S(C)(=O)=O)cc1. The lowest BCUT2D eigenvalue weighted by molar-refractivity contribution is -0.114. The van der Waals surface area contributed by atoms with E-state index in [1.165, 1.54) is 23.1 Å². The number of nitrogens with zero attached hydrogens (tertiary/aromatic N) is 3. The third kappa shape index (κ3) is 6.94. The van der Waals surface area contributed by atoms with E-state index in [0.29, 0.717) is 27.5 Å². The Morgan fingerprint density at radius 1 is 1.13 bits per heavy atom. The molecule has 0 unspecified atom stereocenters. The summed E-state index contributed by atoms with van der Waals surface area (Å²) in [4.78, 5) is 12.5. The normalized spacial score (nSPS) is 11.2. The summed E-state index contributed by atoms with van der Waals surface area (Å²) in [5.74, 6) is 0.858. The van der Waals surface area contributed by atoms with E-state index in [0.717, 1.165) is 21.9 Å². The summed E-state index contributed by atoms with van der Waals surface area (Å²) in [7, 11) is -3.67. The first-order valence-corrected chi connectivity index (χ1v) is 13.0. The molecule has 0 aliphatic heterocycles. The Morgan fingerprint density at radius 2 is 1.84 bits per heavy atom. The monoisotopic (exact) mass is 478 g/mol. The van der Waals surface area contributed by atoms with Gasteiger partial charge < -0.3 is 4.74 Å². The zero-order valence-corrected chi connectivity index (χ0v) is 19.5. The molecule has 0 radical (unpaired) electrons. The largest absolute Gasteiger partial charge is 0.494 e. The van der Waals surface area contributed by atoms with E-state index in [1.54, 1.807) is 24.3 Å². The molecule has 1 N–H and O–H groups in total. The number of carbonyl (C=O) groups is 1. The molecule has 0 aliphatic rings. The van der Waals surface area contributed by atoms with E-state index < -0.39 is 15.9 Å². The molecular formula is C20H22N4O4S3. The summed E-state index contributed by atoms with van der Waals surface area (Å²) >= 11 is 2.76. The van der Waals surface area contributed by atoms with E-state index in [2.05, 4.69) is 15.5 Å². The van der Waals surface area contributed by atoms with Gasteiger partial charge in [-0.25, -0.2) is 8.42 Å². The van der Waals surface area contributed by atoms with E-state index in [4.69, 9.17) is 4.74 Å². The highest BCUT2D eigenvalue weighted by Gasteiger charge is 2.21. The minimum Gasteiger partial charge on any atom is -0.494 e. The summed E-state index contributed by atoms with van der Waals surface area (Å²) in [6, 6.07) is 16.5. The van der Waals surface area contributed by atoms with E-state index in [1.807, 2.05) is 37.3 Å². The fourth-order valence-corrected chi connectivity index (χ4v) is 5.18. The first-order chi connectivity index (χ1) is 14.8. The molecule has 2 aromatic carbocycles. The fourth-order valence-electron chi connectivity index (χ4n) is 2.60. The molecule has 11 heteroatoms. The predicted octanol–water partition coefficient (Wildman–Crippen LogP) is 3.63. The van der Waals surface area contributed by atoms with Crippen molar-refractivity contribution in [3.05, 3.63) is 60.2 Å². The molecule has 1 amide bonds. The highest BCUT2D eigenvalue weighted by molar-refractivity contribution is 8.00. The number of carbonyl (C=O) groups excluding carboxylic acids is 1. The van der Waals surface area contributed by atoms with Gasteiger partial charge in [0.15, 0.2) is 4.34 Å². The van der Waals surface area contributed by atoms with Gasteiger partial charge in [0, 0.05) is 5.75 Å². The summed E-state index contributed by atoms with van der Waals surface area (Å²) in [5.41, 5.74) is 1.53. The van der Waals surface area contributed by atoms with Crippen LogP contribution in [0.2, 0.25) is 0 Å². The molecule has 31 heavy (non-hydrogen) atoms. The summed E-state index contributed by atoms with van der Waals surface area (Å²) < 4.78 is 31.6. The highest BCUT2D eigenvalue weighted by Crippen LogP contribution is 2.28. The van der Waals surface area contributed by atoms with Gasteiger partial charge in [0.1, 0.15) is 12.3 Å². The number of sulfonamides is 1. The summed E-state index contributed by atoms with van der Waals surface area (Å²) in [6.07, 6.45) is 1.06. The highest BCUT2D eigenvalue weighted by atomic mass is 32.2. The number of aromatic nitrogens is 2. The standard InChI is InChI=1S/C20H22N4O4S3/c1-3-28-17-11-9-16(10-12-17)24(31(2,26)27)13-18(25)21-19-22-23-20(30-19)29-14-15-7-5-4-6-8-15/h4-12H,3,13-14H2,1-2H3,(H,21,22,25). The smallest absolute Gasteiger partial charge is 0.246 e. The Hall–Kier alpha value is -2.63. The Balaban J connectivity index is 1.61. The average Bonchev–Trinajstić information content (AvgIpc) is 3.19. The number of amides is 1. The number of hydrogen-bond acceptors (Lipinski definition) is 8. The Morgan fingerprint density at radius 3 is 2.48 bits per heavy atom. The Kier molecular flexibility index (Phi) is 7.88. The van der Waals surface area contributed by atoms with Crippen molar-refractivity contribution in [2.24, 2.45) is 0 Å². The maximum absolute atomic E-state index is 12.5. The van der Waals surface area contributed by atoms with Crippen LogP contribution in [0.25, 0.3) is 0 Å². The summed E-state index contributed by atoms with van der Waals surface area (Å²) in [5, 5.41) is 11.0. The van der Waals surface area contributed by atoms with Crippen molar-refractivity contribution in [2.75, 3.05) is 29.0 Å². The topological polar surface area (TPSA) is 101 Å². The molecule has 0 bridgehead atoms. The second kappa shape index (κ2) is 10.6. The van der Waals surface area contributed by atoms with Crippen LogP contribution in [0, 0.1) is 0 Å². The number of benzene rings is 2. The molecule has 8 nitrogen and oxygen atoms in total. The predicted molar refractivity (Wildman–Crippen MR) is 124 cm³/mol. The first-order valence-electron chi connectivity index (χ1n) is 9.36. The quantitative estimate of drug-likeness (QED) is 0.351. The van der Waals surface area contributed by atoms with E-state index in [9.17, 15) is 13.2 Å². The van der Waals surface area contributed by atoms with E-state index in [-0.39, 0.29) is 6.54 Å². The number of anilines is 2. The van der Waals surface area contributed by atoms with Gasteiger partial charge in [-0.3, -0.25) is 14.4 Å². The van der Waals surface area contributed by atoms with Gasteiger partial charge in [-0.1, -0.05) is 53.4 Å².